The quantitative estimate of drug-likeness (QED) is 0.538. The smallest absolute Gasteiger partial charge is 0.216 e. The Bertz CT molecular complexity index is 1160. The number of rotatable bonds is 3. The first-order valence-corrected chi connectivity index (χ1v) is 8.17. The number of aromatic nitrogens is 3. The first-order valence-electron chi connectivity index (χ1n) is 8.17. The Labute approximate surface area is 181 Å². The molecule has 0 aliphatic rings. The number of fused-ring (bicyclic) bond motifs is 1. The molecule has 0 amide bonds. The summed E-state index contributed by atoms with van der Waals surface area (Å²) in [5, 5.41) is 14.6. The van der Waals surface area contributed by atoms with E-state index in [4.69, 9.17) is 4.74 Å². The summed E-state index contributed by atoms with van der Waals surface area (Å²) in [7, 11) is 1.57. The van der Waals surface area contributed by atoms with Gasteiger partial charge in [0.15, 0.2) is 5.65 Å². The van der Waals surface area contributed by atoms with Gasteiger partial charge in [0.05, 0.1) is 24.1 Å². The predicted octanol–water partition coefficient (Wildman–Crippen LogP) is 3.98. The van der Waals surface area contributed by atoms with E-state index in [9.17, 15) is 13.9 Å². The molecule has 0 saturated heterocycles. The van der Waals surface area contributed by atoms with Crippen LogP contribution in [0, 0.1) is 18.6 Å². The van der Waals surface area contributed by atoms with E-state index in [-0.39, 0.29) is 46.6 Å². The second-order valence-electron chi connectivity index (χ2n) is 6.05. The summed E-state index contributed by atoms with van der Waals surface area (Å²) >= 11 is 0. The van der Waals surface area contributed by atoms with Crippen molar-refractivity contribution < 1.29 is 18.6 Å². The summed E-state index contributed by atoms with van der Waals surface area (Å²) in [5.41, 5.74) is 2.56. The van der Waals surface area contributed by atoms with Crippen molar-refractivity contribution in [2.75, 3.05) is 7.11 Å². The number of ether oxygens (including phenoxy) is 1. The summed E-state index contributed by atoms with van der Waals surface area (Å²) in [6, 6.07) is 12.0. The van der Waals surface area contributed by atoms with Crippen molar-refractivity contribution in [3.05, 3.63) is 65.9 Å². The second-order valence-corrected chi connectivity index (χ2v) is 6.05. The summed E-state index contributed by atoms with van der Waals surface area (Å²) in [6.07, 6.45) is 0. The van der Waals surface area contributed by atoms with Gasteiger partial charge in [-0.3, -0.25) is 0 Å². The third-order valence-electron chi connectivity index (χ3n) is 4.33. The molecule has 0 fully saturated rings. The number of aromatic hydroxyl groups is 1. The van der Waals surface area contributed by atoms with Crippen LogP contribution in [0.1, 0.15) is 5.69 Å². The van der Waals surface area contributed by atoms with E-state index in [1.54, 1.807) is 38.3 Å². The molecule has 0 aliphatic heterocycles. The largest absolute Gasteiger partial charge is 0.497 e. The maximum Gasteiger partial charge on any atom is 0.216 e. The Kier molecular flexibility index (Phi) is 5.69. The Hall–Kier alpha value is -2.48. The molecular formula is C20H15F2N3NaO2. The van der Waals surface area contributed by atoms with Gasteiger partial charge >= 0.3 is 0 Å². The minimum Gasteiger partial charge on any atom is -0.497 e. The first kappa shape index (κ1) is 20.3. The Morgan fingerprint density at radius 2 is 1.75 bits per heavy atom. The van der Waals surface area contributed by atoms with Crippen molar-refractivity contribution in [2.24, 2.45) is 0 Å². The number of aryl methyl sites for hydroxylation is 1. The fraction of sp³-hybridized carbons (Fsp3) is 0.100. The van der Waals surface area contributed by atoms with E-state index < -0.39 is 11.6 Å². The average Bonchev–Trinajstić information content (AvgIpc) is 2.98. The zero-order chi connectivity index (χ0) is 19.1. The molecule has 1 N–H and O–H groups in total. The first-order chi connectivity index (χ1) is 13.0. The zero-order valence-electron chi connectivity index (χ0n) is 15.6. The predicted molar refractivity (Wildman–Crippen MR) is 102 cm³/mol. The number of nitrogens with zero attached hydrogens (tertiary/aromatic N) is 3. The van der Waals surface area contributed by atoms with E-state index in [2.05, 4.69) is 10.1 Å². The fourth-order valence-corrected chi connectivity index (χ4v) is 3.03. The van der Waals surface area contributed by atoms with Crippen LogP contribution in [-0.4, -0.2) is 56.4 Å². The molecule has 0 spiro atoms. The molecule has 4 aromatic rings. The SMILES string of the molecule is COc1ccc(-c2cc(O)n3nc(C)c(-c4ccc(F)cc4F)c3n2)cc1.[Na]. The maximum atomic E-state index is 14.3. The molecule has 28 heavy (non-hydrogen) atoms. The molecule has 0 bridgehead atoms. The molecule has 0 aliphatic carbocycles. The van der Waals surface area contributed by atoms with E-state index in [1.807, 2.05) is 0 Å². The third kappa shape index (κ3) is 3.48. The standard InChI is InChI=1S/C20H15F2N3O2.Na/c1-11-19(15-8-5-13(21)9-16(15)22)20-23-17(10-18(26)25(20)24-11)12-3-6-14(27-2)7-4-12;/h3-10,26H,1-2H3;. The van der Waals surface area contributed by atoms with Crippen LogP contribution in [0.2, 0.25) is 0 Å². The van der Waals surface area contributed by atoms with Gasteiger partial charge in [0.25, 0.3) is 0 Å². The molecule has 0 atom stereocenters. The molecule has 4 rings (SSSR count). The van der Waals surface area contributed by atoms with Crippen LogP contribution in [0.4, 0.5) is 8.78 Å². The average molecular weight is 390 g/mol. The Balaban J connectivity index is 0.00000225. The topological polar surface area (TPSA) is 59.7 Å². The number of halogens is 2. The van der Waals surface area contributed by atoms with Crippen LogP contribution < -0.4 is 4.74 Å². The van der Waals surface area contributed by atoms with Crippen molar-refractivity contribution in [2.45, 2.75) is 6.92 Å². The molecule has 137 valence electrons. The molecule has 2 aromatic carbocycles. The molecular weight excluding hydrogens is 375 g/mol. The van der Waals surface area contributed by atoms with Crippen LogP contribution in [0.15, 0.2) is 48.5 Å². The summed E-state index contributed by atoms with van der Waals surface area (Å²) in [4.78, 5) is 4.56. The van der Waals surface area contributed by atoms with E-state index in [0.717, 1.165) is 11.6 Å². The fourth-order valence-electron chi connectivity index (χ4n) is 3.03. The molecule has 2 heterocycles. The molecule has 5 nitrogen and oxygen atoms in total. The van der Waals surface area contributed by atoms with Crippen LogP contribution in [-0.2, 0) is 0 Å². The van der Waals surface area contributed by atoms with Crippen molar-refractivity contribution in [3.8, 4) is 34.0 Å². The molecule has 0 unspecified atom stereocenters. The van der Waals surface area contributed by atoms with Crippen LogP contribution in [0.3, 0.4) is 0 Å². The molecule has 0 saturated carbocycles. The second kappa shape index (κ2) is 7.87. The van der Waals surface area contributed by atoms with Gasteiger partial charge in [0.1, 0.15) is 17.4 Å². The van der Waals surface area contributed by atoms with Gasteiger partial charge in [-0.05, 0) is 43.3 Å². The van der Waals surface area contributed by atoms with Crippen LogP contribution in [0.5, 0.6) is 11.6 Å². The van der Waals surface area contributed by atoms with Gasteiger partial charge < -0.3 is 9.84 Å². The summed E-state index contributed by atoms with van der Waals surface area (Å²) < 4.78 is 34.0. The van der Waals surface area contributed by atoms with Crippen molar-refractivity contribution >= 4 is 35.2 Å². The Morgan fingerprint density at radius 1 is 1.04 bits per heavy atom. The van der Waals surface area contributed by atoms with E-state index >= 15 is 0 Å². The molecule has 2 aromatic heterocycles. The van der Waals surface area contributed by atoms with Gasteiger partial charge in [0, 0.05) is 52.8 Å². The number of hydrogen-bond acceptors (Lipinski definition) is 4. The Morgan fingerprint density at radius 3 is 2.39 bits per heavy atom. The van der Waals surface area contributed by atoms with Gasteiger partial charge in [-0.1, -0.05) is 0 Å². The van der Waals surface area contributed by atoms with Crippen molar-refractivity contribution in [1.29, 1.82) is 0 Å². The van der Waals surface area contributed by atoms with Crippen LogP contribution >= 0.6 is 0 Å². The number of methoxy groups -OCH3 is 1. The zero-order valence-corrected chi connectivity index (χ0v) is 17.6. The summed E-state index contributed by atoms with van der Waals surface area (Å²) in [5.74, 6) is -0.828. The minimum absolute atomic E-state index is 0. The summed E-state index contributed by atoms with van der Waals surface area (Å²) in [6.45, 7) is 1.68. The van der Waals surface area contributed by atoms with E-state index in [1.165, 1.54) is 22.7 Å². The number of hydrogen-bond donors (Lipinski definition) is 1. The van der Waals surface area contributed by atoms with Crippen LogP contribution in [0.25, 0.3) is 28.0 Å². The van der Waals surface area contributed by atoms with Crippen molar-refractivity contribution in [3.63, 3.8) is 0 Å². The third-order valence-corrected chi connectivity index (χ3v) is 4.33. The van der Waals surface area contributed by atoms with E-state index in [0.29, 0.717) is 22.7 Å². The minimum atomic E-state index is -0.718. The van der Waals surface area contributed by atoms with Gasteiger partial charge in [0.2, 0.25) is 5.88 Å². The monoisotopic (exact) mass is 390 g/mol. The maximum absolute atomic E-state index is 14.3. The normalized spacial score (nSPS) is 10.7. The molecule has 1 radical (unpaired) electrons. The molecule has 8 heteroatoms. The number of benzene rings is 2. The van der Waals surface area contributed by atoms with Crippen molar-refractivity contribution in [1.82, 2.24) is 14.6 Å². The van der Waals surface area contributed by atoms with Gasteiger partial charge in [-0.25, -0.2) is 13.8 Å². The van der Waals surface area contributed by atoms with Gasteiger partial charge in [-0.2, -0.15) is 9.61 Å². The van der Waals surface area contributed by atoms with Gasteiger partial charge in [-0.15, -0.1) is 0 Å².